The Morgan fingerprint density at radius 2 is 1.81 bits per heavy atom. The Hall–Kier alpha value is -1.55. The van der Waals surface area contributed by atoms with Gasteiger partial charge in [0.05, 0.1) is 0 Å². The van der Waals surface area contributed by atoms with Gasteiger partial charge in [0, 0.05) is 23.7 Å². The third kappa shape index (κ3) is 4.46. The Morgan fingerprint density at radius 3 is 2.38 bits per heavy atom. The van der Waals surface area contributed by atoms with E-state index < -0.39 is 0 Å². The summed E-state index contributed by atoms with van der Waals surface area (Å²) in [7, 11) is 0. The molecule has 0 saturated heterocycles. The zero-order valence-electron chi connectivity index (χ0n) is 13.1. The molecule has 4 nitrogen and oxygen atoms in total. The molecule has 4 heteroatoms. The van der Waals surface area contributed by atoms with E-state index in [9.17, 15) is 4.79 Å². The fraction of sp³-hybridized carbons (Fsp3) is 0.588. The lowest BCUT2D eigenvalue weighted by molar-refractivity contribution is 0.244. The maximum absolute atomic E-state index is 12.0. The molecule has 0 radical (unpaired) electrons. The Morgan fingerprint density at radius 1 is 1.19 bits per heavy atom. The van der Waals surface area contributed by atoms with Crippen LogP contribution in [-0.2, 0) is 5.41 Å². The molecule has 0 bridgehead atoms. The van der Waals surface area contributed by atoms with Crippen LogP contribution in [0.2, 0.25) is 0 Å². The smallest absolute Gasteiger partial charge is 0.319 e. The van der Waals surface area contributed by atoms with Crippen LogP contribution in [0.25, 0.3) is 0 Å². The molecule has 1 aromatic carbocycles. The number of carbonyl (C=O) groups is 1. The first-order chi connectivity index (χ1) is 10.0. The summed E-state index contributed by atoms with van der Waals surface area (Å²) in [6, 6.07) is 8.16. The zero-order chi connectivity index (χ0) is 15.3. The number of amides is 2. The molecule has 1 aromatic rings. The highest BCUT2D eigenvalue weighted by molar-refractivity contribution is 5.89. The van der Waals surface area contributed by atoms with E-state index in [4.69, 9.17) is 5.73 Å². The number of rotatable bonds is 4. The van der Waals surface area contributed by atoms with Crippen molar-refractivity contribution in [3.63, 3.8) is 0 Å². The molecular weight excluding hydrogens is 262 g/mol. The summed E-state index contributed by atoms with van der Waals surface area (Å²) in [5.41, 5.74) is 7.75. The standard InChI is InChI=1S/C17H27N3O/c1-17(2,12-18)13-8-10-15(11-9-13)20-16(21)19-14-6-4-3-5-7-14/h8-11,14H,3-7,12,18H2,1-2H3,(H2,19,20,21). The molecule has 0 unspecified atom stereocenters. The van der Waals surface area contributed by atoms with Gasteiger partial charge in [-0.3, -0.25) is 0 Å². The molecule has 116 valence electrons. The highest BCUT2D eigenvalue weighted by Crippen LogP contribution is 2.23. The van der Waals surface area contributed by atoms with Gasteiger partial charge in [-0.25, -0.2) is 4.79 Å². The van der Waals surface area contributed by atoms with E-state index in [1.54, 1.807) is 0 Å². The first-order valence-corrected chi connectivity index (χ1v) is 7.89. The molecule has 0 atom stereocenters. The Labute approximate surface area is 127 Å². The highest BCUT2D eigenvalue weighted by Gasteiger charge is 2.18. The lowest BCUT2D eigenvalue weighted by Crippen LogP contribution is -2.39. The zero-order valence-corrected chi connectivity index (χ0v) is 13.1. The van der Waals surface area contributed by atoms with Crippen LogP contribution in [0, 0.1) is 0 Å². The molecule has 2 rings (SSSR count). The topological polar surface area (TPSA) is 67.1 Å². The van der Waals surface area contributed by atoms with Crippen molar-refractivity contribution >= 4 is 11.7 Å². The van der Waals surface area contributed by atoms with Crippen molar-refractivity contribution in [3.8, 4) is 0 Å². The molecule has 21 heavy (non-hydrogen) atoms. The summed E-state index contributed by atoms with van der Waals surface area (Å²) in [4.78, 5) is 12.0. The second-order valence-electron chi connectivity index (χ2n) is 6.60. The summed E-state index contributed by atoms with van der Waals surface area (Å²) in [5, 5.41) is 5.96. The van der Waals surface area contributed by atoms with Crippen LogP contribution in [-0.4, -0.2) is 18.6 Å². The van der Waals surface area contributed by atoms with E-state index in [1.165, 1.54) is 24.8 Å². The average molecular weight is 289 g/mol. The van der Waals surface area contributed by atoms with Gasteiger partial charge in [0.2, 0.25) is 0 Å². The van der Waals surface area contributed by atoms with Crippen molar-refractivity contribution in [3.05, 3.63) is 29.8 Å². The number of anilines is 1. The molecule has 1 saturated carbocycles. The summed E-state index contributed by atoms with van der Waals surface area (Å²) < 4.78 is 0. The number of hydrogen-bond acceptors (Lipinski definition) is 2. The lowest BCUT2D eigenvalue weighted by Gasteiger charge is -2.24. The number of urea groups is 1. The number of hydrogen-bond donors (Lipinski definition) is 3. The maximum Gasteiger partial charge on any atom is 0.319 e. The second kappa shape index (κ2) is 6.94. The van der Waals surface area contributed by atoms with Crippen LogP contribution in [0.4, 0.5) is 10.5 Å². The largest absolute Gasteiger partial charge is 0.335 e. The van der Waals surface area contributed by atoms with E-state index >= 15 is 0 Å². The lowest BCUT2D eigenvalue weighted by atomic mass is 9.85. The quantitative estimate of drug-likeness (QED) is 0.795. The van der Waals surface area contributed by atoms with Crippen molar-refractivity contribution in [1.82, 2.24) is 5.32 Å². The van der Waals surface area contributed by atoms with Gasteiger partial charge >= 0.3 is 6.03 Å². The number of benzene rings is 1. The Balaban J connectivity index is 1.89. The van der Waals surface area contributed by atoms with Crippen LogP contribution in [0.1, 0.15) is 51.5 Å². The normalized spacial score (nSPS) is 16.5. The van der Waals surface area contributed by atoms with Gasteiger partial charge in [-0.05, 0) is 30.5 Å². The molecular formula is C17H27N3O. The minimum absolute atomic E-state index is 0.0388. The maximum atomic E-state index is 12.0. The van der Waals surface area contributed by atoms with Gasteiger partial charge in [0.1, 0.15) is 0 Å². The van der Waals surface area contributed by atoms with Crippen molar-refractivity contribution in [2.75, 3.05) is 11.9 Å². The van der Waals surface area contributed by atoms with E-state index in [1.807, 2.05) is 24.3 Å². The summed E-state index contributed by atoms with van der Waals surface area (Å²) in [6.07, 6.45) is 5.91. The fourth-order valence-corrected chi connectivity index (χ4v) is 2.72. The van der Waals surface area contributed by atoms with Crippen molar-refractivity contribution in [1.29, 1.82) is 0 Å². The second-order valence-corrected chi connectivity index (χ2v) is 6.60. The first-order valence-electron chi connectivity index (χ1n) is 7.89. The molecule has 2 amide bonds. The monoisotopic (exact) mass is 289 g/mol. The summed E-state index contributed by atoms with van der Waals surface area (Å²) >= 11 is 0. The highest BCUT2D eigenvalue weighted by atomic mass is 16.2. The summed E-state index contributed by atoms with van der Waals surface area (Å²) in [6.45, 7) is 4.83. The van der Waals surface area contributed by atoms with E-state index in [0.29, 0.717) is 12.6 Å². The Kier molecular flexibility index (Phi) is 5.23. The van der Waals surface area contributed by atoms with Gasteiger partial charge in [0.15, 0.2) is 0 Å². The SMILES string of the molecule is CC(C)(CN)c1ccc(NC(=O)NC2CCCCC2)cc1. The molecule has 1 aliphatic rings. The summed E-state index contributed by atoms with van der Waals surface area (Å²) in [5.74, 6) is 0. The molecule has 0 aromatic heterocycles. The average Bonchev–Trinajstić information content (AvgIpc) is 2.48. The van der Waals surface area contributed by atoms with Crippen LogP contribution in [0.15, 0.2) is 24.3 Å². The van der Waals surface area contributed by atoms with Gasteiger partial charge < -0.3 is 16.4 Å². The predicted octanol–water partition coefficient (Wildman–Crippen LogP) is 3.38. The first kappa shape index (κ1) is 15.8. The van der Waals surface area contributed by atoms with E-state index in [0.717, 1.165) is 18.5 Å². The molecule has 0 heterocycles. The van der Waals surface area contributed by atoms with Crippen molar-refractivity contribution in [2.24, 2.45) is 5.73 Å². The Bertz CT molecular complexity index is 461. The fourth-order valence-electron chi connectivity index (χ4n) is 2.72. The molecule has 0 spiro atoms. The van der Waals surface area contributed by atoms with Crippen LogP contribution in [0.5, 0.6) is 0 Å². The van der Waals surface area contributed by atoms with E-state index in [-0.39, 0.29) is 11.4 Å². The number of carbonyl (C=O) groups excluding carboxylic acids is 1. The van der Waals surface area contributed by atoms with Gasteiger partial charge in [-0.1, -0.05) is 45.2 Å². The molecule has 1 fully saturated rings. The third-order valence-electron chi connectivity index (χ3n) is 4.37. The van der Waals surface area contributed by atoms with Gasteiger partial charge in [0.25, 0.3) is 0 Å². The molecule has 4 N–H and O–H groups in total. The van der Waals surface area contributed by atoms with E-state index in [2.05, 4.69) is 24.5 Å². The van der Waals surface area contributed by atoms with Crippen LogP contribution in [0.3, 0.4) is 0 Å². The van der Waals surface area contributed by atoms with Crippen LogP contribution < -0.4 is 16.4 Å². The van der Waals surface area contributed by atoms with Crippen LogP contribution >= 0.6 is 0 Å². The van der Waals surface area contributed by atoms with Crippen molar-refractivity contribution < 1.29 is 4.79 Å². The van der Waals surface area contributed by atoms with Crippen molar-refractivity contribution in [2.45, 2.75) is 57.4 Å². The number of nitrogens with two attached hydrogens (primary N) is 1. The minimum Gasteiger partial charge on any atom is -0.335 e. The predicted molar refractivity (Wildman–Crippen MR) is 87.5 cm³/mol. The minimum atomic E-state index is -0.104. The van der Waals surface area contributed by atoms with Gasteiger partial charge in [-0.2, -0.15) is 0 Å². The van der Waals surface area contributed by atoms with Gasteiger partial charge in [-0.15, -0.1) is 0 Å². The molecule has 0 aliphatic heterocycles. The number of nitrogens with one attached hydrogen (secondary N) is 2. The molecule has 1 aliphatic carbocycles. The third-order valence-corrected chi connectivity index (χ3v) is 4.37.